The Morgan fingerprint density at radius 3 is 2.40 bits per heavy atom. The first-order valence-electron chi connectivity index (χ1n) is 12.9. The molecule has 1 saturated heterocycles. The summed E-state index contributed by atoms with van der Waals surface area (Å²) in [6.07, 6.45) is 5.40. The second-order valence-electron chi connectivity index (χ2n) is 8.97. The number of anilines is 1. The fraction of sp³-hybridized carbons (Fsp3) is 0.414. The molecule has 1 aliphatic heterocycles. The number of aromatic nitrogens is 2. The van der Waals surface area contributed by atoms with Crippen molar-refractivity contribution in [1.82, 2.24) is 9.97 Å². The van der Waals surface area contributed by atoms with Crippen molar-refractivity contribution in [2.45, 2.75) is 59.3 Å². The molecule has 1 aromatic heterocycles. The van der Waals surface area contributed by atoms with Crippen molar-refractivity contribution in [1.29, 1.82) is 0 Å². The molecule has 2 heterocycles. The van der Waals surface area contributed by atoms with Gasteiger partial charge in [-0.25, -0.2) is 4.98 Å². The van der Waals surface area contributed by atoms with E-state index in [9.17, 15) is 9.59 Å². The van der Waals surface area contributed by atoms with Gasteiger partial charge < -0.3 is 14.6 Å². The summed E-state index contributed by atoms with van der Waals surface area (Å²) < 4.78 is 6.18. The van der Waals surface area contributed by atoms with Crippen molar-refractivity contribution in [3.05, 3.63) is 75.2 Å². The predicted molar refractivity (Wildman–Crippen MR) is 141 cm³/mol. The van der Waals surface area contributed by atoms with Crippen LogP contribution in [0.4, 0.5) is 5.69 Å². The SMILES string of the molecule is CCCOc1ccc(C(=O)c2ccccc2)c(N2CCCCC2)c1-c1nc(CC)c(CC)c(=O)[nH]1. The van der Waals surface area contributed by atoms with Gasteiger partial charge in [0.25, 0.3) is 5.56 Å². The Morgan fingerprint density at radius 2 is 1.74 bits per heavy atom. The summed E-state index contributed by atoms with van der Waals surface area (Å²) in [5.74, 6) is 1.07. The van der Waals surface area contributed by atoms with Gasteiger partial charge in [-0.3, -0.25) is 9.59 Å². The largest absolute Gasteiger partial charge is 0.493 e. The van der Waals surface area contributed by atoms with Crippen LogP contribution in [0.1, 0.15) is 73.6 Å². The number of aromatic amines is 1. The second-order valence-corrected chi connectivity index (χ2v) is 8.97. The Bertz CT molecular complexity index is 1230. The van der Waals surface area contributed by atoms with Crippen molar-refractivity contribution in [3.8, 4) is 17.1 Å². The third kappa shape index (κ3) is 5.16. The Kier molecular flexibility index (Phi) is 8.01. The molecular formula is C29H35N3O3. The Balaban J connectivity index is 2.01. The third-order valence-corrected chi connectivity index (χ3v) is 6.58. The monoisotopic (exact) mass is 473 g/mol. The van der Waals surface area contributed by atoms with E-state index in [2.05, 4.69) is 16.8 Å². The van der Waals surface area contributed by atoms with Crippen molar-refractivity contribution in [3.63, 3.8) is 0 Å². The fourth-order valence-corrected chi connectivity index (χ4v) is 4.83. The predicted octanol–water partition coefficient (Wildman–Crippen LogP) is 5.57. The summed E-state index contributed by atoms with van der Waals surface area (Å²) >= 11 is 0. The van der Waals surface area contributed by atoms with Crippen LogP contribution >= 0.6 is 0 Å². The first-order valence-corrected chi connectivity index (χ1v) is 12.9. The van der Waals surface area contributed by atoms with E-state index in [1.165, 1.54) is 6.42 Å². The Hall–Kier alpha value is -3.41. The molecule has 2 aromatic carbocycles. The molecule has 3 aromatic rings. The number of hydrogen-bond acceptors (Lipinski definition) is 5. The molecule has 1 fully saturated rings. The summed E-state index contributed by atoms with van der Waals surface area (Å²) in [7, 11) is 0. The van der Waals surface area contributed by atoms with Gasteiger partial charge in [-0.1, -0.05) is 51.1 Å². The molecule has 0 aliphatic carbocycles. The average Bonchev–Trinajstić information content (AvgIpc) is 2.91. The minimum atomic E-state index is -0.125. The minimum Gasteiger partial charge on any atom is -0.493 e. The number of nitrogens with one attached hydrogen (secondary N) is 1. The molecule has 0 unspecified atom stereocenters. The highest BCUT2D eigenvalue weighted by Crippen LogP contribution is 2.42. The van der Waals surface area contributed by atoms with Gasteiger partial charge in [-0.2, -0.15) is 0 Å². The van der Waals surface area contributed by atoms with E-state index in [-0.39, 0.29) is 11.3 Å². The maximum atomic E-state index is 13.7. The quantitative estimate of drug-likeness (QED) is 0.411. The molecule has 4 rings (SSSR count). The first kappa shape index (κ1) is 24.7. The second kappa shape index (κ2) is 11.3. The molecule has 184 valence electrons. The normalized spacial score (nSPS) is 13.6. The van der Waals surface area contributed by atoms with Crippen LogP contribution in [0.25, 0.3) is 11.4 Å². The lowest BCUT2D eigenvalue weighted by Gasteiger charge is -2.33. The lowest BCUT2D eigenvalue weighted by molar-refractivity contribution is 0.103. The van der Waals surface area contributed by atoms with Crippen LogP contribution in [0.5, 0.6) is 5.75 Å². The maximum absolute atomic E-state index is 13.7. The first-order chi connectivity index (χ1) is 17.1. The third-order valence-electron chi connectivity index (χ3n) is 6.58. The summed E-state index contributed by atoms with van der Waals surface area (Å²) in [6.45, 7) is 8.27. The Labute approximate surface area is 207 Å². The van der Waals surface area contributed by atoms with E-state index in [4.69, 9.17) is 9.72 Å². The molecule has 0 bridgehead atoms. The standard InChI is InChI=1S/C29H35N3O3/c1-4-19-35-24-16-15-22(27(33)20-13-9-7-10-14-20)26(32-17-11-8-12-18-32)25(24)28-30-23(6-3)21(5-2)29(34)31-28/h7,9-10,13-16H,4-6,8,11-12,17-19H2,1-3H3,(H,30,31,34). The van der Waals surface area contributed by atoms with E-state index in [1.807, 2.05) is 56.3 Å². The summed E-state index contributed by atoms with van der Waals surface area (Å²) in [4.78, 5) is 37.0. The number of ketones is 1. The van der Waals surface area contributed by atoms with Gasteiger partial charge in [0.1, 0.15) is 11.6 Å². The molecule has 6 heteroatoms. The minimum absolute atomic E-state index is 0.0438. The smallest absolute Gasteiger partial charge is 0.254 e. The lowest BCUT2D eigenvalue weighted by Crippen LogP contribution is -2.32. The van der Waals surface area contributed by atoms with Crippen LogP contribution in [-0.2, 0) is 12.8 Å². The van der Waals surface area contributed by atoms with Gasteiger partial charge in [-0.05, 0) is 50.7 Å². The van der Waals surface area contributed by atoms with Gasteiger partial charge in [-0.15, -0.1) is 0 Å². The van der Waals surface area contributed by atoms with Gasteiger partial charge in [0.2, 0.25) is 0 Å². The number of H-pyrrole nitrogens is 1. The highest BCUT2D eigenvalue weighted by atomic mass is 16.5. The fourth-order valence-electron chi connectivity index (χ4n) is 4.83. The molecular weight excluding hydrogens is 438 g/mol. The van der Waals surface area contributed by atoms with Crippen molar-refractivity contribution < 1.29 is 9.53 Å². The molecule has 6 nitrogen and oxygen atoms in total. The van der Waals surface area contributed by atoms with Crippen LogP contribution in [0.15, 0.2) is 47.3 Å². The number of nitrogens with zero attached hydrogens (tertiary/aromatic N) is 2. The van der Waals surface area contributed by atoms with Gasteiger partial charge in [0, 0.05) is 29.8 Å². The van der Waals surface area contributed by atoms with E-state index in [0.29, 0.717) is 53.3 Å². The van der Waals surface area contributed by atoms with E-state index >= 15 is 0 Å². The molecule has 1 N–H and O–H groups in total. The Morgan fingerprint density at radius 1 is 1.00 bits per heavy atom. The maximum Gasteiger partial charge on any atom is 0.254 e. The van der Waals surface area contributed by atoms with Crippen molar-refractivity contribution in [2.75, 3.05) is 24.6 Å². The number of hydrogen-bond donors (Lipinski definition) is 1. The van der Waals surface area contributed by atoms with Crippen molar-refractivity contribution >= 4 is 11.5 Å². The summed E-state index contributed by atoms with van der Waals surface area (Å²) in [5, 5.41) is 0. The number of aryl methyl sites for hydroxylation is 1. The van der Waals surface area contributed by atoms with E-state index in [0.717, 1.165) is 43.7 Å². The number of rotatable bonds is 9. The van der Waals surface area contributed by atoms with Crippen LogP contribution in [-0.4, -0.2) is 35.4 Å². The highest BCUT2D eigenvalue weighted by Gasteiger charge is 2.28. The zero-order valence-corrected chi connectivity index (χ0v) is 21.0. The molecule has 0 saturated carbocycles. The number of benzene rings is 2. The van der Waals surface area contributed by atoms with Gasteiger partial charge in [0.15, 0.2) is 5.78 Å². The summed E-state index contributed by atoms with van der Waals surface area (Å²) in [5.41, 5.74) is 4.13. The molecule has 1 aliphatic rings. The number of ether oxygens (including phenoxy) is 1. The topological polar surface area (TPSA) is 75.3 Å². The zero-order valence-electron chi connectivity index (χ0n) is 21.0. The van der Waals surface area contributed by atoms with Crippen LogP contribution in [0.3, 0.4) is 0 Å². The van der Waals surface area contributed by atoms with Gasteiger partial charge >= 0.3 is 0 Å². The average molecular weight is 474 g/mol. The number of carbonyl (C=O) groups excluding carboxylic acids is 1. The van der Waals surface area contributed by atoms with Crippen LogP contribution in [0, 0.1) is 0 Å². The molecule has 0 spiro atoms. The molecule has 0 atom stereocenters. The van der Waals surface area contributed by atoms with Crippen molar-refractivity contribution in [2.24, 2.45) is 0 Å². The number of carbonyl (C=O) groups is 1. The molecule has 0 radical (unpaired) electrons. The summed E-state index contributed by atoms with van der Waals surface area (Å²) in [6, 6.07) is 13.1. The number of piperidine rings is 1. The van der Waals surface area contributed by atoms with E-state index < -0.39 is 0 Å². The van der Waals surface area contributed by atoms with Crippen LogP contribution < -0.4 is 15.2 Å². The van der Waals surface area contributed by atoms with Gasteiger partial charge in [0.05, 0.1) is 23.6 Å². The van der Waals surface area contributed by atoms with Crippen LogP contribution in [0.2, 0.25) is 0 Å². The zero-order chi connectivity index (χ0) is 24.8. The lowest BCUT2D eigenvalue weighted by atomic mass is 9.95. The van der Waals surface area contributed by atoms with E-state index in [1.54, 1.807) is 0 Å². The highest BCUT2D eigenvalue weighted by molar-refractivity contribution is 6.14. The molecule has 0 amide bonds. The molecule has 35 heavy (non-hydrogen) atoms.